The summed E-state index contributed by atoms with van der Waals surface area (Å²) in [6.45, 7) is 8.47. The molecule has 0 bridgehead atoms. The van der Waals surface area contributed by atoms with Crippen LogP contribution in [0.1, 0.15) is 39.5 Å². The van der Waals surface area contributed by atoms with Gasteiger partial charge in [-0.1, -0.05) is 0 Å². The Morgan fingerprint density at radius 3 is 1.92 bits per heavy atom. The molecule has 71 valence electrons. The maximum absolute atomic E-state index is 3.87. The van der Waals surface area contributed by atoms with Crippen molar-refractivity contribution in [3.63, 3.8) is 0 Å². The molecule has 0 unspecified atom stereocenters. The molecule has 0 aromatic carbocycles. The van der Waals surface area contributed by atoms with Gasteiger partial charge in [0.15, 0.2) is 0 Å². The second kappa shape index (κ2) is 9.63. The van der Waals surface area contributed by atoms with Gasteiger partial charge in [0, 0.05) is 0 Å². The summed E-state index contributed by atoms with van der Waals surface area (Å²) in [5.41, 5.74) is 0. The van der Waals surface area contributed by atoms with Crippen molar-refractivity contribution in [1.29, 1.82) is 0 Å². The fraction of sp³-hybridized carbons (Fsp3) is 0.818. The Morgan fingerprint density at radius 2 is 1.58 bits per heavy atom. The second-order valence-electron chi connectivity index (χ2n) is 3.45. The molecule has 0 nitrogen and oxygen atoms in total. The van der Waals surface area contributed by atoms with Gasteiger partial charge in [-0.25, -0.2) is 0 Å². The first-order chi connectivity index (χ1) is 5.85. The zero-order valence-corrected chi connectivity index (χ0v) is 11.6. The van der Waals surface area contributed by atoms with E-state index in [1.165, 1.54) is 30.1 Å². The molecule has 0 fully saturated rings. The van der Waals surface area contributed by atoms with Crippen LogP contribution in [-0.4, -0.2) is 19.8 Å². The predicted octanol–water partition coefficient (Wildman–Crippen LogP) is 4.27. The zero-order valence-electron chi connectivity index (χ0n) is 8.73. The molecule has 0 saturated carbocycles. The van der Waals surface area contributed by atoms with Gasteiger partial charge in [-0.3, -0.25) is 0 Å². The maximum atomic E-state index is 3.87. The first kappa shape index (κ1) is 12.5. The van der Waals surface area contributed by atoms with E-state index in [9.17, 15) is 0 Å². The van der Waals surface area contributed by atoms with Crippen molar-refractivity contribution in [1.82, 2.24) is 0 Å². The average Bonchev–Trinajstić information content (AvgIpc) is 2.10. The van der Waals surface area contributed by atoms with Crippen molar-refractivity contribution in [2.75, 3.05) is 0 Å². The van der Waals surface area contributed by atoms with Gasteiger partial charge < -0.3 is 0 Å². The molecule has 12 heavy (non-hydrogen) atoms. The summed E-state index contributed by atoms with van der Waals surface area (Å²) in [6.07, 6.45) is 7.89. The second-order valence-corrected chi connectivity index (χ2v) is 11.8. The Balaban J connectivity index is 3.46. The van der Waals surface area contributed by atoms with Gasteiger partial charge in [-0.15, -0.1) is 0 Å². The number of unbranched alkanes of at least 4 members (excludes halogenated alkanes) is 2. The van der Waals surface area contributed by atoms with Crippen molar-refractivity contribution in [3.05, 3.63) is 12.7 Å². The average molecular weight is 274 g/mol. The van der Waals surface area contributed by atoms with Crippen LogP contribution in [0.5, 0.6) is 0 Å². The van der Waals surface area contributed by atoms with E-state index in [1.807, 2.05) is 0 Å². The Morgan fingerprint density at radius 1 is 1.08 bits per heavy atom. The molecule has 0 rings (SSSR count). The number of hydrogen-bond acceptors (Lipinski definition) is 0. The number of allylic oxidation sites excluding steroid dienone is 1. The molecule has 0 saturated heterocycles. The third-order valence-corrected chi connectivity index (χ3v) is 10.7. The summed E-state index contributed by atoms with van der Waals surface area (Å²) in [7, 11) is 0. The standard InChI is InChI=1S/2C4H9.C3H5.Sn/c2*1-3-4-2;1-3-2;/h2*1,3-4H2,2H3;3H,1-2H2;. The minimum absolute atomic E-state index is 0.930. The van der Waals surface area contributed by atoms with Crippen LogP contribution in [0.3, 0.4) is 0 Å². The third-order valence-electron chi connectivity index (χ3n) is 2.20. The van der Waals surface area contributed by atoms with Crippen LogP contribution in [0.15, 0.2) is 12.7 Å². The first-order valence-corrected chi connectivity index (χ1v) is 11.3. The van der Waals surface area contributed by atoms with Crippen LogP contribution in [0, 0.1) is 0 Å². The van der Waals surface area contributed by atoms with Gasteiger partial charge >= 0.3 is 85.3 Å². The molecule has 0 N–H and O–H groups in total. The molecule has 0 aliphatic rings. The zero-order chi connectivity index (χ0) is 9.23. The predicted molar refractivity (Wildman–Crippen MR) is 60.2 cm³/mol. The minimum atomic E-state index is -0.930. The van der Waals surface area contributed by atoms with E-state index in [1.54, 1.807) is 8.87 Å². The van der Waals surface area contributed by atoms with E-state index in [2.05, 4.69) is 26.5 Å². The van der Waals surface area contributed by atoms with Gasteiger partial charge in [0.05, 0.1) is 0 Å². The molecular weight excluding hydrogens is 251 g/mol. The molecule has 0 aromatic rings. The molecule has 0 amide bonds. The summed E-state index contributed by atoms with van der Waals surface area (Å²) < 4.78 is 4.62. The fourth-order valence-electron chi connectivity index (χ4n) is 1.39. The van der Waals surface area contributed by atoms with E-state index in [0.29, 0.717) is 0 Å². The van der Waals surface area contributed by atoms with E-state index < -0.39 is 19.8 Å². The SMILES string of the molecule is C=C[CH2][Sn]([CH2]CCC)[CH2]CCC. The molecule has 0 heterocycles. The van der Waals surface area contributed by atoms with Crippen LogP contribution in [0.25, 0.3) is 0 Å². The Labute approximate surface area is 85.2 Å². The molecule has 0 spiro atoms. The summed E-state index contributed by atoms with van der Waals surface area (Å²) in [4.78, 5) is 0. The van der Waals surface area contributed by atoms with Crippen LogP contribution in [-0.2, 0) is 0 Å². The molecule has 0 aromatic heterocycles. The molecular formula is C11H23Sn. The van der Waals surface area contributed by atoms with Crippen LogP contribution in [0.2, 0.25) is 13.3 Å². The van der Waals surface area contributed by atoms with Crippen molar-refractivity contribution in [2.45, 2.75) is 52.8 Å². The molecule has 0 aliphatic carbocycles. The Bertz CT molecular complexity index is 91.2. The van der Waals surface area contributed by atoms with Gasteiger partial charge in [0.1, 0.15) is 0 Å². The van der Waals surface area contributed by atoms with Crippen LogP contribution in [0.4, 0.5) is 0 Å². The fourth-order valence-corrected chi connectivity index (χ4v) is 9.30. The van der Waals surface area contributed by atoms with Gasteiger partial charge in [0.2, 0.25) is 0 Å². The molecule has 0 aliphatic heterocycles. The summed E-state index contributed by atoms with van der Waals surface area (Å²) >= 11 is -0.930. The normalized spacial score (nSPS) is 10.6. The van der Waals surface area contributed by atoms with Crippen molar-refractivity contribution in [3.8, 4) is 0 Å². The molecule has 1 heteroatoms. The number of hydrogen-bond donors (Lipinski definition) is 0. The van der Waals surface area contributed by atoms with Crippen LogP contribution >= 0.6 is 0 Å². The summed E-state index contributed by atoms with van der Waals surface area (Å²) in [5, 5.41) is 0. The Hall–Kier alpha value is 0.539. The summed E-state index contributed by atoms with van der Waals surface area (Å²) in [6, 6.07) is 0. The van der Waals surface area contributed by atoms with E-state index in [4.69, 9.17) is 0 Å². The van der Waals surface area contributed by atoms with E-state index >= 15 is 0 Å². The molecule has 0 atom stereocenters. The third kappa shape index (κ3) is 7.20. The summed E-state index contributed by atoms with van der Waals surface area (Å²) in [5.74, 6) is 0. The van der Waals surface area contributed by atoms with Crippen LogP contribution < -0.4 is 0 Å². The quantitative estimate of drug-likeness (QED) is 0.458. The van der Waals surface area contributed by atoms with Gasteiger partial charge in [-0.05, 0) is 0 Å². The van der Waals surface area contributed by atoms with Crippen molar-refractivity contribution < 1.29 is 0 Å². The number of rotatable bonds is 8. The topological polar surface area (TPSA) is 0 Å². The van der Waals surface area contributed by atoms with Gasteiger partial charge in [0.25, 0.3) is 0 Å². The van der Waals surface area contributed by atoms with Crippen molar-refractivity contribution >= 4 is 19.8 Å². The Kier molecular flexibility index (Phi) is 10.1. The monoisotopic (exact) mass is 275 g/mol. The van der Waals surface area contributed by atoms with Gasteiger partial charge in [-0.2, -0.15) is 0 Å². The molecule has 1 radical (unpaired) electrons. The van der Waals surface area contributed by atoms with E-state index in [-0.39, 0.29) is 0 Å². The van der Waals surface area contributed by atoms with Crippen molar-refractivity contribution in [2.24, 2.45) is 0 Å². The van der Waals surface area contributed by atoms with E-state index in [0.717, 1.165) is 0 Å². The first-order valence-electron chi connectivity index (χ1n) is 5.29.